The van der Waals surface area contributed by atoms with E-state index in [9.17, 15) is 10.2 Å². The number of hydrogen-bond acceptors (Lipinski definition) is 8. The van der Waals surface area contributed by atoms with Crippen LogP contribution in [0.2, 0.25) is 10.0 Å². The molecule has 0 aromatic heterocycles. The lowest BCUT2D eigenvalue weighted by molar-refractivity contribution is 0.0785. The lowest BCUT2D eigenvalue weighted by Crippen LogP contribution is -2.35. The van der Waals surface area contributed by atoms with E-state index in [1.54, 1.807) is 7.11 Å². The van der Waals surface area contributed by atoms with Crippen molar-refractivity contribution in [1.29, 1.82) is 0 Å². The minimum Gasteiger partial charge on any atom is -0.493 e. The maximum Gasteiger partial charge on any atom is 0.142 e. The van der Waals surface area contributed by atoms with Gasteiger partial charge in [0, 0.05) is 58.0 Å². The molecule has 0 amide bonds. The fraction of sp³-hybridized carbons (Fsp3) is 0.467. The Kier molecular flexibility index (Phi) is 13.3. The van der Waals surface area contributed by atoms with Crippen LogP contribution in [-0.4, -0.2) is 72.1 Å². The molecule has 2 saturated heterocycles. The Hall–Kier alpha value is -3.34. The molecular weight excluding hydrogens is 735 g/mol. The molecule has 2 aliphatic heterocycles. The molecule has 4 aromatic carbocycles. The lowest BCUT2D eigenvalue weighted by Gasteiger charge is -2.30. The van der Waals surface area contributed by atoms with Gasteiger partial charge in [0.15, 0.2) is 0 Å². The van der Waals surface area contributed by atoms with Gasteiger partial charge in [0.1, 0.15) is 30.0 Å². The molecule has 2 N–H and O–H groups in total. The predicted octanol–water partition coefficient (Wildman–Crippen LogP) is 9.07. The number of rotatable bonds is 14. The van der Waals surface area contributed by atoms with Crippen molar-refractivity contribution in [2.75, 3.05) is 39.9 Å². The molecule has 8 nitrogen and oxygen atoms in total. The van der Waals surface area contributed by atoms with E-state index in [4.69, 9.17) is 42.1 Å². The van der Waals surface area contributed by atoms with Gasteiger partial charge in [0.25, 0.3) is 0 Å². The molecule has 1 aliphatic carbocycles. The number of likely N-dealkylation sites (tertiary alicyclic amines) is 2. The molecular formula is C45H54Cl2N2O6. The molecule has 2 heterocycles. The van der Waals surface area contributed by atoms with Crippen LogP contribution in [0.3, 0.4) is 0 Å². The molecule has 55 heavy (non-hydrogen) atoms. The van der Waals surface area contributed by atoms with E-state index in [0.29, 0.717) is 41.4 Å². The minimum absolute atomic E-state index is 0.129. The normalized spacial score (nSPS) is 18.4. The van der Waals surface area contributed by atoms with Gasteiger partial charge in [-0.15, -0.1) is 0 Å². The average molecular weight is 790 g/mol. The molecule has 0 unspecified atom stereocenters. The summed E-state index contributed by atoms with van der Waals surface area (Å²) < 4.78 is 24.8. The van der Waals surface area contributed by atoms with E-state index >= 15 is 0 Å². The number of nitrogens with zero attached hydrogens (tertiary/aromatic N) is 2. The third-order valence-corrected chi connectivity index (χ3v) is 12.1. The zero-order valence-electron chi connectivity index (χ0n) is 32.3. The second-order valence-electron chi connectivity index (χ2n) is 15.2. The van der Waals surface area contributed by atoms with Crippen molar-refractivity contribution in [2.24, 2.45) is 0 Å². The van der Waals surface area contributed by atoms with Gasteiger partial charge in [-0.25, -0.2) is 0 Å². The van der Waals surface area contributed by atoms with E-state index in [2.05, 4.69) is 53.1 Å². The van der Waals surface area contributed by atoms with Crippen molar-refractivity contribution in [1.82, 2.24) is 9.80 Å². The van der Waals surface area contributed by atoms with Crippen LogP contribution in [0, 0.1) is 6.92 Å². The van der Waals surface area contributed by atoms with Crippen molar-refractivity contribution in [3.05, 3.63) is 110 Å². The van der Waals surface area contributed by atoms with Crippen molar-refractivity contribution >= 4 is 23.2 Å². The summed E-state index contributed by atoms with van der Waals surface area (Å²) in [5, 5.41) is 21.1. The Labute approximate surface area is 335 Å². The highest BCUT2D eigenvalue weighted by molar-refractivity contribution is 6.32. The predicted molar refractivity (Wildman–Crippen MR) is 218 cm³/mol. The van der Waals surface area contributed by atoms with Crippen molar-refractivity contribution in [3.8, 4) is 28.4 Å². The number of aliphatic hydroxyl groups excluding tert-OH is 2. The maximum absolute atomic E-state index is 9.96. The van der Waals surface area contributed by atoms with E-state index in [1.807, 2.05) is 31.2 Å². The first-order valence-electron chi connectivity index (χ1n) is 19.8. The molecule has 10 heteroatoms. The van der Waals surface area contributed by atoms with Gasteiger partial charge >= 0.3 is 0 Å². The standard InChI is InChI=1S/C45H54Cl2N2O6/c1-4-53-43-24-45(41(47)22-32(43)26-49-19-15-35(51)16-20-49)55-42-12-11-38-37(9-6-10-39(38)42)36-8-5-7-30(29(36)2)28-54-44-23-33(27-52-3)31(21-40(44)46)25-48-17-13-34(50)14-18-48/h5-10,21-24,34-35,42,50-51H,4,11-20,25-28H2,1-3H3/t42-/m0/s1. The molecule has 0 radical (unpaired) electrons. The van der Waals surface area contributed by atoms with Gasteiger partial charge in [-0.05, 0) is 115 Å². The van der Waals surface area contributed by atoms with Crippen LogP contribution in [0.5, 0.6) is 17.2 Å². The van der Waals surface area contributed by atoms with Gasteiger partial charge in [0.2, 0.25) is 0 Å². The first-order chi connectivity index (χ1) is 26.7. The molecule has 3 aliphatic rings. The van der Waals surface area contributed by atoms with Crippen LogP contribution in [0.4, 0.5) is 0 Å². The van der Waals surface area contributed by atoms with Gasteiger partial charge in [-0.1, -0.05) is 59.6 Å². The van der Waals surface area contributed by atoms with Crippen LogP contribution in [0.15, 0.2) is 60.7 Å². The molecule has 4 aromatic rings. The van der Waals surface area contributed by atoms with Gasteiger partial charge in [0.05, 0.1) is 35.5 Å². The van der Waals surface area contributed by atoms with Crippen molar-refractivity contribution < 1.29 is 29.2 Å². The number of methoxy groups -OCH3 is 1. The van der Waals surface area contributed by atoms with Gasteiger partial charge in [-0.2, -0.15) is 0 Å². The number of hydrogen-bond donors (Lipinski definition) is 2. The molecule has 7 rings (SSSR count). The minimum atomic E-state index is -0.213. The number of ether oxygens (including phenoxy) is 4. The van der Waals surface area contributed by atoms with Crippen molar-refractivity contribution in [3.63, 3.8) is 0 Å². The summed E-state index contributed by atoms with van der Waals surface area (Å²) in [5.41, 5.74) is 10.3. The third-order valence-electron chi connectivity index (χ3n) is 11.5. The summed E-state index contributed by atoms with van der Waals surface area (Å²) in [4.78, 5) is 4.70. The second-order valence-corrected chi connectivity index (χ2v) is 16.0. The zero-order chi connectivity index (χ0) is 38.5. The monoisotopic (exact) mass is 788 g/mol. The highest BCUT2D eigenvalue weighted by Crippen LogP contribution is 2.44. The Morgan fingerprint density at radius 1 is 0.673 bits per heavy atom. The smallest absolute Gasteiger partial charge is 0.142 e. The number of aliphatic hydroxyl groups is 2. The number of halogens is 2. The molecule has 0 spiro atoms. The summed E-state index contributed by atoms with van der Waals surface area (Å²) in [7, 11) is 1.70. The van der Waals surface area contributed by atoms with Crippen LogP contribution >= 0.6 is 23.2 Å². The lowest BCUT2D eigenvalue weighted by atomic mass is 9.91. The zero-order valence-corrected chi connectivity index (χ0v) is 33.8. The summed E-state index contributed by atoms with van der Waals surface area (Å²) in [6.07, 6.45) is 4.35. The summed E-state index contributed by atoms with van der Waals surface area (Å²) in [6, 6.07) is 20.9. The second kappa shape index (κ2) is 18.3. The molecule has 0 bridgehead atoms. The topological polar surface area (TPSA) is 83.9 Å². The summed E-state index contributed by atoms with van der Waals surface area (Å²) >= 11 is 13.7. The fourth-order valence-electron chi connectivity index (χ4n) is 8.33. The highest BCUT2D eigenvalue weighted by atomic mass is 35.5. The van der Waals surface area contributed by atoms with Crippen LogP contribution in [-0.2, 0) is 37.5 Å². The number of piperidine rings is 2. The van der Waals surface area contributed by atoms with Crippen LogP contribution < -0.4 is 14.2 Å². The SMILES string of the molecule is CCOc1cc(O[C@H]2CCc3c(-c4cccc(COc5cc(COC)c(CN6CCC(O)CC6)cc5Cl)c4C)cccc32)c(Cl)cc1CN1CCC(O)CC1. The summed E-state index contributed by atoms with van der Waals surface area (Å²) in [6.45, 7) is 10.5. The van der Waals surface area contributed by atoms with Gasteiger partial charge < -0.3 is 29.2 Å². The van der Waals surface area contributed by atoms with E-state index < -0.39 is 0 Å². The Morgan fingerprint density at radius 3 is 2.00 bits per heavy atom. The Bertz CT molecular complexity index is 1940. The highest BCUT2D eigenvalue weighted by Gasteiger charge is 2.29. The van der Waals surface area contributed by atoms with E-state index in [0.717, 1.165) is 106 Å². The van der Waals surface area contributed by atoms with E-state index in [1.165, 1.54) is 27.8 Å². The first kappa shape index (κ1) is 39.9. The Morgan fingerprint density at radius 2 is 1.31 bits per heavy atom. The quantitative estimate of drug-likeness (QED) is 0.131. The molecule has 1 atom stereocenters. The Balaban J connectivity index is 1.06. The first-order valence-corrected chi connectivity index (χ1v) is 20.5. The third kappa shape index (κ3) is 9.45. The van der Waals surface area contributed by atoms with E-state index in [-0.39, 0.29) is 18.3 Å². The number of benzene rings is 4. The van der Waals surface area contributed by atoms with Crippen LogP contribution in [0.1, 0.15) is 84.1 Å². The molecule has 0 saturated carbocycles. The van der Waals surface area contributed by atoms with Gasteiger partial charge in [-0.3, -0.25) is 9.80 Å². The maximum atomic E-state index is 9.96. The largest absolute Gasteiger partial charge is 0.493 e. The average Bonchev–Trinajstić information content (AvgIpc) is 3.59. The molecule has 294 valence electrons. The van der Waals surface area contributed by atoms with Crippen LogP contribution in [0.25, 0.3) is 11.1 Å². The number of fused-ring (bicyclic) bond motifs is 1. The summed E-state index contributed by atoms with van der Waals surface area (Å²) in [5.74, 6) is 2.07. The fourth-order valence-corrected chi connectivity index (χ4v) is 8.80. The van der Waals surface area contributed by atoms with Crippen molar-refractivity contribution in [2.45, 2.75) is 97.0 Å². The molecule has 2 fully saturated rings.